The van der Waals surface area contributed by atoms with Crippen molar-refractivity contribution in [3.8, 4) is 11.1 Å². The van der Waals surface area contributed by atoms with Crippen LogP contribution in [0.2, 0.25) is 0 Å². The van der Waals surface area contributed by atoms with E-state index in [0.29, 0.717) is 0 Å². The van der Waals surface area contributed by atoms with Gasteiger partial charge in [-0.3, -0.25) is 0 Å². The molecular weight excluding hydrogens is 302 g/mol. The highest BCUT2D eigenvalue weighted by Crippen LogP contribution is 2.24. The Morgan fingerprint density at radius 2 is 1.24 bits per heavy atom. The second-order valence-electron chi connectivity index (χ2n) is 6.49. The predicted molar refractivity (Wildman–Crippen MR) is 108 cm³/mol. The molecule has 126 valence electrons. The highest BCUT2D eigenvalue weighted by atomic mass is 14.9. The fourth-order valence-corrected chi connectivity index (χ4v) is 3.07. The van der Waals surface area contributed by atoms with Gasteiger partial charge in [-0.15, -0.1) is 0 Å². The molecule has 0 heterocycles. The molecule has 0 aliphatic carbocycles. The molecule has 0 unspecified atom stereocenters. The van der Waals surface area contributed by atoms with Crippen LogP contribution in [0.1, 0.15) is 31.0 Å². The third-order valence-electron chi connectivity index (χ3n) is 4.69. The van der Waals surface area contributed by atoms with Gasteiger partial charge in [0.2, 0.25) is 0 Å². The van der Waals surface area contributed by atoms with Crippen molar-refractivity contribution in [3.63, 3.8) is 0 Å². The van der Waals surface area contributed by atoms with E-state index in [9.17, 15) is 0 Å². The summed E-state index contributed by atoms with van der Waals surface area (Å²) in [5.41, 5.74) is 6.06. The first-order chi connectivity index (χ1) is 12.1. The second-order valence-corrected chi connectivity index (χ2v) is 6.49. The number of hydrogen-bond donors (Lipinski definition) is 1. The lowest BCUT2D eigenvalue weighted by Gasteiger charge is -2.22. The van der Waals surface area contributed by atoms with Crippen molar-refractivity contribution in [2.24, 2.45) is 0 Å². The van der Waals surface area contributed by atoms with Gasteiger partial charge in [0, 0.05) is 12.1 Å². The lowest BCUT2D eigenvalue weighted by atomic mass is 9.97. The van der Waals surface area contributed by atoms with Gasteiger partial charge in [-0.25, -0.2) is 0 Å². The molecular formula is C24H25N. The van der Waals surface area contributed by atoms with E-state index in [2.05, 4.69) is 98.5 Å². The summed E-state index contributed by atoms with van der Waals surface area (Å²) < 4.78 is 0. The van der Waals surface area contributed by atoms with E-state index in [1.807, 2.05) is 12.1 Å². The summed E-state index contributed by atoms with van der Waals surface area (Å²) in [6, 6.07) is 30.1. The predicted octanol–water partition coefficient (Wildman–Crippen LogP) is 6.11. The SMILES string of the molecule is C=C(c1ccc(-c2ccccc2)cc1)[C@@H](C)N[C@@H](C)c1ccccc1. The van der Waals surface area contributed by atoms with Crippen molar-refractivity contribution < 1.29 is 0 Å². The topological polar surface area (TPSA) is 12.0 Å². The van der Waals surface area contributed by atoms with E-state index in [4.69, 9.17) is 0 Å². The molecule has 0 bridgehead atoms. The van der Waals surface area contributed by atoms with Crippen LogP contribution in [0.4, 0.5) is 0 Å². The number of rotatable bonds is 6. The minimum Gasteiger partial charge on any atom is -0.304 e. The summed E-state index contributed by atoms with van der Waals surface area (Å²) >= 11 is 0. The zero-order valence-corrected chi connectivity index (χ0v) is 14.9. The summed E-state index contributed by atoms with van der Waals surface area (Å²) in [5.74, 6) is 0. The van der Waals surface area contributed by atoms with Crippen LogP contribution in [0.3, 0.4) is 0 Å². The van der Waals surface area contributed by atoms with Crippen molar-refractivity contribution in [2.75, 3.05) is 0 Å². The van der Waals surface area contributed by atoms with Crippen molar-refractivity contribution in [2.45, 2.75) is 25.9 Å². The molecule has 1 nitrogen and oxygen atoms in total. The molecule has 1 heteroatoms. The zero-order valence-electron chi connectivity index (χ0n) is 14.9. The number of hydrogen-bond acceptors (Lipinski definition) is 1. The smallest absolute Gasteiger partial charge is 0.0297 e. The quantitative estimate of drug-likeness (QED) is 0.576. The van der Waals surface area contributed by atoms with Crippen LogP contribution < -0.4 is 5.32 Å². The Balaban J connectivity index is 1.68. The lowest BCUT2D eigenvalue weighted by molar-refractivity contribution is 0.545. The average Bonchev–Trinajstić information content (AvgIpc) is 2.69. The zero-order chi connectivity index (χ0) is 17.6. The molecule has 3 rings (SSSR count). The first-order valence-electron chi connectivity index (χ1n) is 8.81. The minimum atomic E-state index is 0.206. The lowest BCUT2D eigenvalue weighted by Crippen LogP contribution is -2.29. The van der Waals surface area contributed by atoms with Crippen LogP contribution in [0.15, 0.2) is 91.5 Å². The van der Waals surface area contributed by atoms with Gasteiger partial charge in [0.05, 0.1) is 0 Å². The summed E-state index contributed by atoms with van der Waals surface area (Å²) in [5, 5.41) is 3.64. The van der Waals surface area contributed by atoms with Gasteiger partial charge in [-0.1, -0.05) is 91.5 Å². The maximum atomic E-state index is 4.31. The Kier molecular flexibility index (Phi) is 5.47. The van der Waals surface area contributed by atoms with Gasteiger partial charge in [0.25, 0.3) is 0 Å². The summed E-state index contributed by atoms with van der Waals surface area (Å²) in [6.45, 7) is 8.68. The Morgan fingerprint density at radius 1 is 0.720 bits per heavy atom. The molecule has 0 aliphatic heterocycles. The van der Waals surface area contributed by atoms with Crippen molar-refractivity contribution in [1.29, 1.82) is 0 Å². The molecule has 0 spiro atoms. The third-order valence-corrected chi connectivity index (χ3v) is 4.69. The van der Waals surface area contributed by atoms with Crippen LogP contribution in [-0.4, -0.2) is 6.04 Å². The Labute approximate surface area is 151 Å². The van der Waals surface area contributed by atoms with Crippen LogP contribution in [0.25, 0.3) is 16.7 Å². The van der Waals surface area contributed by atoms with Gasteiger partial charge in [-0.2, -0.15) is 0 Å². The molecule has 3 aromatic carbocycles. The van der Waals surface area contributed by atoms with Gasteiger partial charge >= 0.3 is 0 Å². The second kappa shape index (κ2) is 7.96. The molecule has 0 aromatic heterocycles. The van der Waals surface area contributed by atoms with Crippen molar-refractivity contribution in [3.05, 3.63) is 103 Å². The molecule has 0 radical (unpaired) electrons. The summed E-state index contributed by atoms with van der Waals surface area (Å²) in [6.07, 6.45) is 0. The number of nitrogens with one attached hydrogen (secondary N) is 1. The van der Waals surface area contributed by atoms with Crippen molar-refractivity contribution >= 4 is 5.57 Å². The van der Waals surface area contributed by atoms with E-state index in [1.165, 1.54) is 22.3 Å². The van der Waals surface area contributed by atoms with Gasteiger partial charge in [0.15, 0.2) is 0 Å². The van der Waals surface area contributed by atoms with E-state index in [0.717, 1.165) is 5.57 Å². The fourth-order valence-electron chi connectivity index (χ4n) is 3.07. The van der Waals surface area contributed by atoms with E-state index in [1.54, 1.807) is 0 Å². The Hall–Kier alpha value is -2.64. The van der Waals surface area contributed by atoms with Gasteiger partial charge < -0.3 is 5.32 Å². The molecule has 3 aromatic rings. The molecule has 0 amide bonds. The summed E-state index contributed by atoms with van der Waals surface area (Å²) in [4.78, 5) is 0. The first-order valence-corrected chi connectivity index (χ1v) is 8.81. The van der Waals surface area contributed by atoms with Crippen LogP contribution in [0, 0.1) is 0 Å². The van der Waals surface area contributed by atoms with E-state index in [-0.39, 0.29) is 12.1 Å². The largest absolute Gasteiger partial charge is 0.304 e. The Bertz CT molecular complexity index is 804. The van der Waals surface area contributed by atoms with Crippen molar-refractivity contribution in [1.82, 2.24) is 5.32 Å². The van der Waals surface area contributed by atoms with Crippen LogP contribution in [-0.2, 0) is 0 Å². The maximum Gasteiger partial charge on any atom is 0.0297 e. The molecule has 25 heavy (non-hydrogen) atoms. The van der Waals surface area contributed by atoms with Crippen LogP contribution >= 0.6 is 0 Å². The molecule has 2 atom stereocenters. The van der Waals surface area contributed by atoms with E-state index >= 15 is 0 Å². The normalized spacial score (nSPS) is 13.2. The monoisotopic (exact) mass is 327 g/mol. The molecule has 0 saturated heterocycles. The fraction of sp³-hybridized carbons (Fsp3) is 0.167. The highest BCUT2D eigenvalue weighted by molar-refractivity contribution is 5.71. The molecule has 1 N–H and O–H groups in total. The minimum absolute atomic E-state index is 0.206. The Morgan fingerprint density at radius 3 is 1.84 bits per heavy atom. The third kappa shape index (κ3) is 4.26. The standard InChI is InChI=1S/C24H25N/c1-18(19(2)25-20(3)22-10-6-4-7-11-22)21-14-16-24(17-15-21)23-12-8-5-9-13-23/h4-17,19-20,25H,1H2,2-3H3/t19-,20+/m1/s1. The summed E-state index contributed by atoms with van der Waals surface area (Å²) in [7, 11) is 0. The maximum absolute atomic E-state index is 4.31. The van der Waals surface area contributed by atoms with E-state index < -0.39 is 0 Å². The van der Waals surface area contributed by atoms with Gasteiger partial charge in [-0.05, 0) is 41.7 Å². The number of benzene rings is 3. The van der Waals surface area contributed by atoms with Crippen LogP contribution in [0.5, 0.6) is 0 Å². The molecule has 0 fully saturated rings. The average molecular weight is 327 g/mol. The highest BCUT2D eigenvalue weighted by Gasteiger charge is 2.13. The molecule has 0 aliphatic rings. The van der Waals surface area contributed by atoms with Gasteiger partial charge in [0.1, 0.15) is 0 Å². The molecule has 0 saturated carbocycles. The first kappa shape index (κ1) is 17.2.